The minimum atomic E-state index is 0.756. The van der Waals surface area contributed by atoms with Crippen molar-refractivity contribution in [3.63, 3.8) is 0 Å². The summed E-state index contributed by atoms with van der Waals surface area (Å²) in [5, 5.41) is 4.64. The van der Waals surface area contributed by atoms with Gasteiger partial charge in [0, 0.05) is 13.2 Å². The number of anilines is 1. The Kier molecular flexibility index (Phi) is 3.68. The molecular weight excluding hydrogens is 290 g/mol. The molecule has 0 saturated heterocycles. The molecule has 82 valence electrons. The molecule has 0 saturated carbocycles. The maximum absolute atomic E-state index is 4.19. The molecule has 0 aliphatic carbocycles. The Balaban J connectivity index is 2.28. The highest BCUT2D eigenvalue weighted by atomic mass is 79.9. The smallest absolute Gasteiger partial charge is 0.144 e. The molecule has 0 aliphatic heterocycles. The van der Waals surface area contributed by atoms with Crippen LogP contribution in [0.3, 0.4) is 0 Å². The van der Waals surface area contributed by atoms with Gasteiger partial charge in [-0.15, -0.1) is 0 Å². The van der Waals surface area contributed by atoms with Crippen LogP contribution in [0, 0.1) is 0 Å². The Hall–Kier alpha value is -1.21. The lowest BCUT2D eigenvalue weighted by Crippen LogP contribution is -1.96. The van der Waals surface area contributed by atoms with E-state index >= 15 is 0 Å². The number of aromatic nitrogens is 4. The Morgan fingerprint density at radius 1 is 1.25 bits per heavy atom. The Bertz CT molecular complexity index is 479. The third-order valence-corrected chi connectivity index (χ3v) is 3.72. The molecule has 2 aromatic heterocycles. The number of hydrogen-bond donors (Lipinski definition) is 1. The van der Waals surface area contributed by atoms with Crippen molar-refractivity contribution in [3.8, 4) is 0 Å². The van der Waals surface area contributed by atoms with Crippen LogP contribution in [-0.2, 0) is 0 Å². The molecule has 2 aromatic rings. The largest absolute Gasteiger partial charge is 0.372 e. The second kappa shape index (κ2) is 5.22. The number of hydrogen-bond acceptors (Lipinski definition) is 6. The van der Waals surface area contributed by atoms with E-state index in [-0.39, 0.29) is 0 Å². The summed E-state index contributed by atoms with van der Waals surface area (Å²) in [6.07, 6.45) is 4.72. The summed E-state index contributed by atoms with van der Waals surface area (Å²) < 4.78 is 0.834. The fraction of sp³-hybridized carbons (Fsp3) is 0.111. The van der Waals surface area contributed by atoms with Crippen molar-refractivity contribution in [2.45, 2.75) is 10.1 Å². The average Bonchev–Trinajstić information content (AvgIpc) is 2.33. The van der Waals surface area contributed by atoms with E-state index in [9.17, 15) is 0 Å². The Labute approximate surface area is 105 Å². The van der Waals surface area contributed by atoms with Gasteiger partial charge in [0.15, 0.2) is 0 Å². The SMILES string of the molecule is CNc1ncnc(Sc2ccncn2)c1Br. The maximum atomic E-state index is 4.19. The first-order valence-corrected chi connectivity index (χ1v) is 6.04. The van der Waals surface area contributed by atoms with Crippen molar-refractivity contribution < 1.29 is 0 Å². The van der Waals surface area contributed by atoms with Gasteiger partial charge in [0.25, 0.3) is 0 Å². The van der Waals surface area contributed by atoms with E-state index < -0.39 is 0 Å². The van der Waals surface area contributed by atoms with Crippen LogP contribution >= 0.6 is 27.7 Å². The second-order valence-corrected chi connectivity index (χ2v) is 4.54. The molecule has 1 N–H and O–H groups in total. The minimum absolute atomic E-state index is 0.756. The summed E-state index contributed by atoms with van der Waals surface area (Å²) in [7, 11) is 1.81. The summed E-state index contributed by atoms with van der Waals surface area (Å²) in [5.74, 6) is 0.756. The van der Waals surface area contributed by atoms with Crippen molar-refractivity contribution in [3.05, 3.63) is 29.4 Å². The zero-order valence-electron chi connectivity index (χ0n) is 8.38. The molecule has 7 heteroatoms. The third kappa shape index (κ3) is 2.48. The average molecular weight is 298 g/mol. The first-order chi connectivity index (χ1) is 7.81. The van der Waals surface area contributed by atoms with Crippen LogP contribution in [0.4, 0.5) is 5.82 Å². The van der Waals surface area contributed by atoms with Crippen LogP contribution in [-0.4, -0.2) is 27.0 Å². The van der Waals surface area contributed by atoms with Gasteiger partial charge in [0.2, 0.25) is 0 Å². The monoisotopic (exact) mass is 297 g/mol. The summed E-state index contributed by atoms with van der Waals surface area (Å²) in [5.41, 5.74) is 0. The van der Waals surface area contributed by atoms with Gasteiger partial charge in [-0.1, -0.05) is 0 Å². The number of nitrogens with one attached hydrogen (secondary N) is 1. The molecule has 0 fully saturated rings. The molecular formula is C9H8BrN5S. The third-order valence-electron chi connectivity index (χ3n) is 1.75. The zero-order chi connectivity index (χ0) is 11.4. The summed E-state index contributed by atoms with van der Waals surface area (Å²) in [6.45, 7) is 0. The summed E-state index contributed by atoms with van der Waals surface area (Å²) in [4.78, 5) is 16.3. The standard InChI is InChI=1S/C9H8BrN5S/c1-11-8-7(10)9(15-5-14-8)16-6-2-3-12-4-13-6/h2-5H,1H3,(H,11,14,15). The van der Waals surface area contributed by atoms with Crippen LogP contribution in [0.15, 0.2) is 39.4 Å². The first-order valence-electron chi connectivity index (χ1n) is 4.43. The van der Waals surface area contributed by atoms with Gasteiger partial charge in [0.1, 0.15) is 28.5 Å². The highest BCUT2D eigenvalue weighted by molar-refractivity contribution is 9.10. The lowest BCUT2D eigenvalue weighted by molar-refractivity contribution is 1.00. The minimum Gasteiger partial charge on any atom is -0.372 e. The van der Waals surface area contributed by atoms with Crippen LogP contribution in [0.5, 0.6) is 0 Å². The van der Waals surface area contributed by atoms with Crippen molar-refractivity contribution in [2.75, 3.05) is 12.4 Å². The maximum Gasteiger partial charge on any atom is 0.144 e. The van der Waals surface area contributed by atoms with E-state index in [1.165, 1.54) is 24.4 Å². The van der Waals surface area contributed by atoms with E-state index in [0.717, 1.165) is 20.3 Å². The number of nitrogens with zero attached hydrogens (tertiary/aromatic N) is 4. The van der Waals surface area contributed by atoms with Crippen LogP contribution in [0.25, 0.3) is 0 Å². The van der Waals surface area contributed by atoms with Crippen molar-refractivity contribution >= 4 is 33.5 Å². The molecule has 0 amide bonds. The summed E-state index contributed by atoms with van der Waals surface area (Å²) >= 11 is 4.90. The molecule has 16 heavy (non-hydrogen) atoms. The Morgan fingerprint density at radius 3 is 2.81 bits per heavy atom. The predicted molar refractivity (Wildman–Crippen MR) is 65.4 cm³/mol. The first kappa shape index (κ1) is 11.3. The number of halogens is 1. The fourth-order valence-electron chi connectivity index (χ4n) is 1.04. The van der Waals surface area contributed by atoms with Crippen LogP contribution < -0.4 is 5.32 Å². The quantitative estimate of drug-likeness (QED) is 0.877. The van der Waals surface area contributed by atoms with Crippen molar-refractivity contribution in [1.82, 2.24) is 19.9 Å². The molecule has 0 aliphatic rings. The van der Waals surface area contributed by atoms with E-state index in [1.807, 2.05) is 13.1 Å². The van der Waals surface area contributed by atoms with E-state index in [4.69, 9.17) is 0 Å². The molecule has 2 rings (SSSR count). The molecule has 0 unspecified atom stereocenters. The molecule has 0 aromatic carbocycles. The molecule has 2 heterocycles. The predicted octanol–water partition coefficient (Wildman–Crippen LogP) is 2.22. The van der Waals surface area contributed by atoms with Gasteiger partial charge in [-0.25, -0.2) is 19.9 Å². The van der Waals surface area contributed by atoms with Gasteiger partial charge in [-0.05, 0) is 33.8 Å². The van der Waals surface area contributed by atoms with Crippen LogP contribution in [0.2, 0.25) is 0 Å². The molecule has 5 nitrogen and oxygen atoms in total. The Morgan fingerprint density at radius 2 is 2.12 bits per heavy atom. The molecule has 0 bridgehead atoms. The van der Waals surface area contributed by atoms with E-state index in [1.54, 1.807) is 6.20 Å². The van der Waals surface area contributed by atoms with Gasteiger partial charge >= 0.3 is 0 Å². The van der Waals surface area contributed by atoms with Gasteiger partial charge in [-0.2, -0.15) is 0 Å². The normalized spacial score (nSPS) is 10.1. The van der Waals surface area contributed by atoms with Gasteiger partial charge < -0.3 is 5.32 Å². The summed E-state index contributed by atoms with van der Waals surface area (Å²) in [6, 6.07) is 1.83. The van der Waals surface area contributed by atoms with E-state index in [2.05, 4.69) is 41.2 Å². The zero-order valence-corrected chi connectivity index (χ0v) is 10.8. The van der Waals surface area contributed by atoms with Crippen molar-refractivity contribution in [2.24, 2.45) is 0 Å². The van der Waals surface area contributed by atoms with Crippen molar-refractivity contribution in [1.29, 1.82) is 0 Å². The molecule has 0 spiro atoms. The second-order valence-electron chi connectivity index (χ2n) is 2.74. The molecule has 0 atom stereocenters. The highest BCUT2D eigenvalue weighted by Crippen LogP contribution is 2.33. The lowest BCUT2D eigenvalue weighted by Gasteiger charge is -2.05. The van der Waals surface area contributed by atoms with Gasteiger partial charge in [0.05, 0.1) is 4.47 Å². The fourth-order valence-corrected chi connectivity index (χ4v) is 2.40. The van der Waals surface area contributed by atoms with Gasteiger partial charge in [-0.3, -0.25) is 0 Å². The lowest BCUT2D eigenvalue weighted by atomic mass is 10.6. The molecule has 0 radical (unpaired) electrons. The van der Waals surface area contributed by atoms with Crippen LogP contribution in [0.1, 0.15) is 0 Å². The topological polar surface area (TPSA) is 63.6 Å². The highest BCUT2D eigenvalue weighted by Gasteiger charge is 2.09. The van der Waals surface area contributed by atoms with E-state index in [0.29, 0.717) is 0 Å². The number of rotatable bonds is 3.